The number of aromatic nitrogens is 2. The number of nitrogens with zero attached hydrogens (tertiary/aromatic N) is 3. The molecule has 1 aliphatic heterocycles. The van der Waals surface area contributed by atoms with Crippen LogP contribution in [-0.4, -0.2) is 39.1 Å². The molecule has 1 N–H and O–H groups in total. The first kappa shape index (κ1) is 18.7. The molecule has 2 fully saturated rings. The van der Waals surface area contributed by atoms with Gasteiger partial charge in [0.05, 0.1) is 6.54 Å². The van der Waals surface area contributed by atoms with Gasteiger partial charge in [-0.1, -0.05) is 31.4 Å². The summed E-state index contributed by atoms with van der Waals surface area (Å²) in [5.74, 6) is 0.224. The van der Waals surface area contributed by atoms with Gasteiger partial charge in [-0.3, -0.25) is 14.3 Å². The lowest BCUT2D eigenvalue weighted by Gasteiger charge is -2.30. The van der Waals surface area contributed by atoms with E-state index in [-0.39, 0.29) is 23.8 Å². The van der Waals surface area contributed by atoms with Gasteiger partial charge >= 0.3 is 0 Å². The number of likely N-dealkylation sites (tertiary alicyclic amines) is 1. The Morgan fingerprint density at radius 3 is 2.71 bits per heavy atom. The van der Waals surface area contributed by atoms with Gasteiger partial charge < -0.3 is 10.2 Å². The van der Waals surface area contributed by atoms with E-state index in [1.165, 1.54) is 6.42 Å². The number of nitrogens with one attached hydrogen (secondary N) is 1. The van der Waals surface area contributed by atoms with Crippen LogP contribution in [0.15, 0.2) is 42.7 Å². The first-order valence-electron chi connectivity index (χ1n) is 10.4. The molecule has 1 atom stereocenters. The number of carbonyl (C=O) groups is 2. The Bertz CT molecular complexity index is 812. The zero-order valence-corrected chi connectivity index (χ0v) is 16.2. The van der Waals surface area contributed by atoms with E-state index in [1.807, 2.05) is 46.1 Å². The van der Waals surface area contributed by atoms with Gasteiger partial charge in [0, 0.05) is 30.5 Å². The maximum Gasteiger partial charge on any atom is 0.247 e. The standard InChI is InChI=1S/C22H28N4O2/c27-21(20-11-5-14-26(20)22(28)18-8-2-1-3-9-18)24-19-10-4-7-17(15-19)16-25-13-6-12-23-25/h4,6-7,10,12-13,15,18,20H,1-3,5,8-9,11,14,16H2,(H,24,27). The number of hydrogen-bond donors (Lipinski definition) is 1. The van der Waals surface area contributed by atoms with Gasteiger partial charge in [0.15, 0.2) is 0 Å². The molecular formula is C22H28N4O2. The predicted octanol–water partition coefficient (Wildman–Crippen LogP) is 3.44. The average molecular weight is 380 g/mol. The van der Waals surface area contributed by atoms with Crippen molar-refractivity contribution in [2.75, 3.05) is 11.9 Å². The van der Waals surface area contributed by atoms with Crippen molar-refractivity contribution in [3.63, 3.8) is 0 Å². The molecule has 28 heavy (non-hydrogen) atoms. The Labute approximate surface area is 165 Å². The highest BCUT2D eigenvalue weighted by molar-refractivity contribution is 5.97. The van der Waals surface area contributed by atoms with Crippen LogP contribution in [0.3, 0.4) is 0 Å². The number of hydrogen-bond acceptors (Lipinski definition) is 3. The lowest BCUT2D eigenvalue weighted by molar-refractivity contribution is -0.141. The first-order chi connectivity index (χ1) is 13.7. The minimum Gasteiger partial charge on any atom is -0.330 e. The largest absolute Gasteiger partial charge is 0.330 e. The summed E-state index contributed by atoms with van der Waals surface area (Å²) < 4.78 is 1.85. The zero-order valence-electron chi connectivity index (χ0n) is 16.2. The molecular weight excluding hydrogens is 352 g/mol. The topological polar surface area (TPSA) is 67.2 Å². The number of anilines is 1. The second-order valence-corrected chi connectivity index (χ2v) is 7.92. The van der Waals surface area contributed by atoms with Crippen LogP contribution in [0.2, 0.25) is 0 Å². The number of rotatable bonds is 5. The Kier molecular flexibility index (Phi) is 5.74. The second-order valence-electron chi connectivity index (χ2n) is 7.92. The highest BCUT2D eigenvalue weighted by atomic mass is 16.2. The van der Waals surface area contributed by atoms with Gasteiger partial charge in [-0.2, -0.15) is 5.10 Å². The van der Waals surface area contributed by atoms with Crippen molar-refractivity contribution in [3.05, 3.63) is 48.3 Å². The molecule has 0 bridgehead atoms. The molecule has 0 spiro atoms. The third-order valence-electron chi connectivity index (χ3n) is 5.89. The third-order valence-corrected chi connectivity index (χ3v) is 5.89. The minimum atomic E-state index is -0.343. The fraction of sp³-hybridized carbons (Fsp3) is 0.500. The molecule has 4 rings (SSSR count). The van der Waals surface area contributed by atoms with E-state index in [1.54, 1.807) is 6.20 Å². The van der Waals surface area contributed by atoms with Gasteiger partial charge in [-0.15, -0.1) is 0 Å². The Morgan fingerprint density at radius 2 is 1.93 bits per heavy atom. The summed E-state index contributed by atoms with van der Waals surface area (Å²) in [5.41, 5.74) is 1.84. The maximum absolute atomic E-state index is 12.9. The normalized spacial score (nSPS) is 20.3. The van der Waals surface area contributed by atoms with E-state index in [0.29, 0.717) is 13.1 Å². The molecule has 148 valence electrons. The summed E-state index contributed by atoms with van der Waals surface area (Å²) in [5, 5.41) is 7.25. The molecule has 1 aromatic carbocycles. The number of amides is 2. The van der Waals surface area contributed by atoms with Crippen LogP contribution in [0.5, 0.6) is 0 Å². The van der Waals surface area contributed by atoms with Crippen molar-refractivity contribution < 1.29 is 9.59 Å². The number of carbonyl (C=O) groups excluding carboxylic acids is 2. The molecule has 6 heteroatoms. The van der Waals surface area contributed by atoms with Crippen molar-refractivity contribution >= 4 is 17.5 Å². The summed E-state index contributed by atoms with van der Waals surface area (Å²) in [6.07, 6.45) is 10.7. The van der Waals surface area contributed by atoms with Crippen molar-refractivity contribution in [3.8, 4) is 0 Å². The number of benzene rings is 1. The van der Waals surface area contributed by atoms with Crippen molar-refractivity contribution in [2.24, 2.45) is 5.92 Å². The predicted molar refractivity (Wildman–Crippen MR) is 108 cm³/mol. The van der Waals surface area contributed by atoms with Crippen LogP contribution >= 0.6 is 0 Å². The summed E-state index contributed by atoms with van der Waals surface area (Å²) in [7, 11) is 0. The van der Waals surface area contributed by atoms with Crippen LogP contribution in [0.25, 0.3) is 0 Å². The molecule has 6 nitrogen and oxygen atoms in total. The molecule has 2 aliphatic rings. The molecule has 1 aromatic heterocycles. The molecule has 2 heterocycles. The summed E-state index contributed by atoms with van der Waals surface area (Å²) in [4.78, 5) is 27.7. The van der Waals surface area contributed by atoms with Crippen LogP contribution in [-0.2, 0) is 16.1 Å². The molecule has 1 saturated heterocycles. The molecule has 2 aromatic rings. The first-order valence-corrected chi connectivity index (χ1v) is 10.4. The van der Waals surface area contributed by atoms with E-state index < -0.39 is 0 Å². The zero-order chi connectivity index (χ0) is 19.3. The molecule has 2 amide bonds. The van der Waals surface area contributed by atoms with Crippen LogP contribution in [0, 0.1) is 5.92 Å². The molecule has 1 unspecified atom stereocenters. The van der Waals surface area contributed by atoms with Gasteiger partial charge in [-0.05, 0) is 49.4 Å². The van der Waals surface area contributed by atoms with E-state index in [4.69, 9.17) is 0 Å². The van der Waals surface area contributed by atoms with Gasteiger partial charge in [0.2, 0.25) is 11.8 Å². The second kappa shape index (κ2) is 8.59. The van der Waals surface area contributed by atoms with Gasteiger partial charge in [0.1, 0.15) is 6.04 Å². The Hall–Kier alpha value is -2.63. The maximum atomic E-state index is 12.9. The van der Waals surface area contributed by atoms with Crippen molar-refractivity contribution in [2.45, 2.75) is 57.5 Å². The summed E-state index contributed by atoms with van der Waals surface area (Å²) >= 11 is 0. The fourth-order valence-corrected chi connectivity index (χ4v) is 4.44. The molecule has 1 saturated carbocycles. The highest BCUT2D eigenvalue weighted by Crippen LogP contribution is 2.29. The van der Waals surface area contributed by atoms with E-state index in [0.717, 1.165) is 49.8 Å². The Morgan fingerprint density at radius 1 is 1.07 bits per heavy atom. The summed E-state index contributed by atoms with van der Waals surface area (Å²) in [6.45, 7) is 1.36. The lowest BCUT2D eigenvalue weighted by atomic mass is 9.88. The average Bonchev–Trinajstić information content (AvgIpc) is 3.40. The van der Waals surface area contributed by atoms with Crippen molar-refractivity contribution in [1.29, 1.82) is 0 Å². The quantitative estimate of drug-likeness (QED) is 0.864. The van der Waals surface area contributed by atoms with Gasteiger partial charge in [-0.25, -0.2) is 0 Å². The SMILES string of the molecule is O=C(Nc1cccc(Cn2cccn2)c1)C1CCCN1C(=O)C1CCCCC1. The Balaban J connectivity index is 1.40. The van der Waals surface area contributed by atoms with E-state index >= 15 is 0 Å². The third kappa shape index (κ3) is 4.26. The molecule has 1 aliphatic carbocycles. The minimum absolute atomic E-state index is 0.0714. The lowest BCUT2D eigenvalue weighted by Crippen LogP contribution is -2.46. The van der Waals surface area contributed by atoms with E-state index in [2.05, 4.69) is 10.4 Å². The van der Waals surface area contributed by atoms with Crippen LogP contribution in [0.4, 0.5) is 5.69 Å². The summed E-state index contributed by atoms with van der Waals surface area (Å²) in [6, 6.07) is 9.38. The van der Waals surface area contributed by atoms with Gasteiger partial charge in [0.25, 0.3) is 0 Å². The van der Waals surface area contributed by atoms with Crippen LogP contribution < -0.4 is 5.32 Å². The van der Waals surface area contributed by atoms with E-state index in [9.17, 15) is 9.59 Å². The fourth-order valence-electron chi connectivity index (χ4n) is 4.44. The monoisotopic (exact) mass is 380 g/mol. The van der Waals surface area contributed by atoms with Crippen LogP contribution in [0.1, 0.15) is 50.5 Å². The molecule has 0 radical (unpaired) electrons. The highest BCUT2D eigenvalue weighted by Gasteiger charge is 2.37. The van der Waals surface area contributed by atoms with Crippen molar-refractivity contribution in [1.82, 2.24) is 14.7 Å². The smallest absolute Gasteiger partial charge is 0.247 e.